The Bertz CT molecular complexity index is 1280. The molecule has 200 valence electrons. The highest BCUT2D eigenvalue weighted by Gasteiger charge is 2.35. The van der Waals surface area contributed by atoms with E-state index in [0.717, 1.165) is 36.5 Å². The second kappa shape index (κ2) is 12.2. The first kappa shape index (κ1) is 27.4. The van der Waals surface area contributed by atoms with Crippen LogP contribution in [0.1, 0.15) is 53.9 Å². The molecule has 1 saturated heterocycles. The van der Waals surface area contributed by atoms with Gasteiger partial charge < -0.3 is 14.6 Å². The van der Waals surface area contributed by atoms with E-state index in [2.05, 4.69) is 41.8 Å². The molecular formula is C31H36N2O5. The van der Waals surface area contributed by atoms with Crippen molar-refractivity contribution in [3.05, 3.63) is 95.1 Å². The number of rotatable bonds is 10. The number of carboxylic acids is 1. The van der Waals surface area contributed by atoms with Crippen LogP contribution in [0, 0.1) is 0 Å². The number of methoxy groups -OCH3 is 1. The quantitative estimate of drug-likeness (QED) is 0.378. The molecule has 1 aliphatic heterocycles. The summed E-state index contributed by atoms with van der Waals surface area (Å²) in [5.41, 5.74) is 3.90. The highest BCUT2D eigenvalue weighted by molar-refractivity contribution is 5.94. The highest BCUT2D eigenvalue weighted by atomic mass is 16.5. The summed E-state index contributed by atoms with van der Waals surface area (Å²) in [6.07, 6.45) is 0. The summed E-state index contributed by atoms with van der Waals surface area (Å²) >= 11 is 0. The average molecular weight is 517 g/mol. The molecule has 0 amide bonds. The molecule has 3 atom stereocenters. The van der Waals surface area contributed by atoms with Crippen LogP contribution >= 0.6 is 0 Å². The van der Waals surface area contributed by atoms with Crippen molar-refractivity contribution in [2.75, 3.05) is 26.8 Å². The van der Waals surface area contributed by atoms with Crippen LogP contribution in [0.5, 0.6) is 11.5 Å². The summed E-state index contributed by atoms with van der Waals surface area (Å²) in [6.45, 7) is 8.18. The second-order valence-corrected chi connectivity index (χ2v) is 10.0. The maximum absolute atomic E-state index is 12.2. The number of Topliss-reactive ketones (excluding diaryl/α,β-unsaturated/α-hetero) is 1. The first-order valence-corrected chi connectivity index (χ1v) is 12.9. The molecule has 1 heterocycles. The number of carboxylic acid groups (broad SMARTS) is 1. The number of ketones is 1. The number of hydrogen-bond donors (Lipinski definition) is 1. The van der Waals surface area contributed by atoms with Crippen molar-refractivity contribution in [3.63, 3.8) is 0 Å². The Kier molecular flexibility index (Phi) is 8.81. The lowest BCUT2D eigenvalue weighted by atomic mass is 9.92. The number of benzene rings is 3. The standard InChI is InChI=1S/C31H36N2O5/c1-21-18-33(22(2)17-32(21)19-24-8-5-12-28(14-24)37-4)31(26-10-6-9-25(15-26)23(3)34)27-11-7-13-29(16-27)38-20-30(35)36/h5-16,21-22,31H,17-20H2,1-4H3,(H,35,36)/t21-,22+,31+/m1/s1. The number of ether oxygens (including phenoxy) is 2. The monoisotopic (exact) mass is 516 g/mol. The van der Waals surface area contributed by atoms with Crippen LogP contribution in [0.4, 0.5) is 0 Å². The van der Waals surface area contributed by atoms with Crippen molar-refractivity contribution in [1.29, 1.82) is 0 Å². The Labute approximate surface area is 224 Å². The van der Waals surface area contributed by atoms with Crippen molar-refractivity contribution < 1.29 is 24.2 Å². The number of hydrogen-bond acceptors (Lipinski definition) is 6. The van der Waals surface area contributed by atoms with Crippen LogP contribution in [0.3, 0.4) is 0 Å². The van der Waals surface area contributed by atoms with Crippen molar-refractivity contribution in [1.82, 2.24) is 9.80 Å². The Morgan fingerprint density at radius 2 is 1.61 bits per heavy atom. The van der Waals surface area contributed by atoms with Gasteiger partial charge in [-0.05, 0) is 67.8 Å². The van der Waals surface area contributed by atoms with Gasteiger partial charge in [-0.25, -0.2) is 4.79 Å². The fraction of sp³-hybridized carbons (Fsp3) is 0.355. The molecule has 4 rings (SSSR count). The van der Waals surface area contributed by atoms with Gasteiger partial charge in [0, 0.05) is 37.3 Å². The molecule has 0 aromatic heterocycles. The zero-order valence-corrected chi connectivity index (χ0v) is 22.5. The fourth-order valence-corrected chi connectivity index (χ4v) is 5.23. The van der Waals surface area contributed by atoms with Crippen LogP contribution in [0.25, 0.3) is 0 Å². The van der Waals surface area contributed by atoms with Crippen molar-refractivity contribution in [2.24, 2.45) is 0 Å². The van der Waals surface area contributed by atoms with E-state index in [-0.39, 0.29) is 23.9 Å². The first-order chi connectivity index (χ1) is 18.2. The van der Waals surface area contributed by atoms with Crippen molar-refractivity contribution >= 4 is 11.8 Å². The molecule has 0 bridgehead atoms. The van der Waals surface area contributed by atoms with Crippen molar-refractivity contribution in [3.8, 4) is 11.5 Å². The summed E-state index contributed by atoms with van der Waals surface area (Å²) in [5, 5.41) is 9.06. The maximum atomic E-state index is 12.2. The third-order valence-electron chi connectivity index (χ3n) is 7.16. The molecular weight excluding hydrogens is 480 g/mol. The molecule has 38 heavy (non-hydrogen) atoms. The SMILES string of the molecule is COc1cccc(CN2C[C@H](C)N([C@H](c3cccc(OCC(=O)O)c3)c3cccc(C(C)=O)c3)C[C@H]2C)c1. The van der Waals surface area contributed by atoms with Crippen LogP contribution in [-0.4, -0.2) is 65.5 Å². The molecule has 7 nitrogen and oxygen atoms in total. The Hall–Kier alpha value is -3.68. The smallest absolute Gasteiger partial charge is 0.341 e. The lowest BCUT2D eigenvalue weighted by molar-refractivity contribution is -0.139. The number of nitrogens with zero attached hydrogens (tertiary/aromatic N) is 2. The Morgan fingerprint density at radius 1 is 0.921 bits per heavy atom. The highest BCUT2D eigenvalue weighted by Crippen LogP contribution is 2.35. The Morgan fingerprint density at radius 3 is 2.32 bits per heavy atom. The van der Waals surface area contributed by atoms with Gasteiger partial charge in [0.05, 0.1) is 13.2 Å². The minimum absolute atomic E-state index is 0.0219. The summed E-state index contributed by atoms with van der Waals surface area (Å²) in [4.78, 5) is 28.2. The molecule has 0 spiro atoms. The van der Waals surface area contributed by atoms with Crippen LogP contribution in [0.15, 0.2) is 72.8 Å². The summed E-state index contributed by atoms with van der Waals surface area (Å²) in [5.74, 6) is 0.372. The van der Waals surface area contributed by atoms with Crippen molar-refractivity contribution in [2.45, 2.75) is 45.4 Å². The van der Waals surface area contributed by atoms with Gasteiger partial charge in [0.15, 0.2) is 12.4 Å². The van der Waals surface area contributed by atoms with Gasteiger partial charge in [-0.15, -0.1) is 0 Å². The molecule has 1 N–H and O–H groups in total. The summed E-state index contributed by atoms with van der Waals surface area (Å²) < 4.78 is 10.9. The van der Waals surface area contributed by atoms with Crippen LogP contribution in [0.2, 0.25) is 0 Å². The first-order valence-electron chi connectivity index (χ1n) is 12.9. The van der Waals surface area contributed by atoms with E-state index >= 15 is 0 Å². The van der Waals surface area contributed by atoms with Gasteiger partial charge in [-0.3, -0.25) is 14.6 Å². The molecule has 0 unspecified atom stereocenters. The molecule has 3 aromatic carbocycles. The van der Waals surface area contributed by atoms with Crippen LogP contribution < -0.4 is 9.47 Å². The number of aliphatic carboxylic acids is 1. The minimum Gasteiger partial charge on any atom is -0.497 e. The molecule has 0 aliphatic carbocycles. The van der Waals surface area contributed by atoms with E-state index in [1.807, 2.05) is 48.5 Å². The molecule has 3 aromatic rings. The lowest BCUT2D eigenvalue weighted by Gasteiger charge is -2.47. The summed E-state index contributed by atoms with van der Waals surface area (Å²) in [6, 6.07) is 24.0. The predicted molar refractivity (Wildman–Crippen MR) is 147 cm³/mol. The topological polar surface area (TPSA) is 79.3 Å². The molecule has 1 fully saturated rings. The number of carbonyl (C=O) groups excluding carboxylic acids is 1. The van der Waals surface area contributed by atoms with Gasteiger partial charge in [0.2, 0.25) is 0 Å². The molecule has 0 saturated carbocycles. The number of piperazine rings is 1. The third-order valence-corrected chi connectivity index (χ3v) is 7.16. The van der Waals surface area contributed by atoms with Gasteiger partial charge in [-0.2, -0.15) is 0 Å². The lowest BCUT2D eigenvalue weighted by Crippen LogP contribution is -2.56. The molecule has 1 aliphatic rings. The maximum Gasteiger partial charge on any atom is 0.341 e. The minimum atomic E-state index is -1.02. The van der Waals surface area contributed by atoms with Gasteiger partial charge in [-0.1, -0.05) is 42.5 Å². The van der Waals surface area contributed by atoms with Crippen LogP contribution in [-0.2, 0) is 11.3 Å². The fourth-order valence-electron chi connectivity index (χ4n) is 5.23. The van der Waals surface area contributed by atoms with Gasteiger partial charge >= 0.3 is 5.97 Å². The van der Waals surface area contributed by atoms with E-state index in [4.69, 9.17) is 14.6 Å². The number of carbonyl (C=O) groups is 2. The van der Waals surface area contributed by atoms with E-state index in [1.54, 1.807) is 20.1 Å². The molecule has 0 radical (unpaired) electrons. The van der Waals surface area contributed by atoms with E-state index in [1.165, 1.54) is 5.56 Å². The second-order valence-electron chi connectivity index (χ2n) is 10.0. The Balaban J connectivity index is 1.65. The summed E-state index contributed by atoms with van der Waals surface area (Å²) in [7, 11) is 1.69. The average Bonchev–Trinajstić information content (AvgIpc) is 2.91. The zero-order chi connectivity index (χ0) is 27.2. The largest absolute Gasteiger partial charge is 0.497 e. The normalized spacial score (nSPS) is 19.1. The van der Waals surface area contributed by atoms with Gasteiger partial charge in [0.25, 0.3) is 0 Å². The van der Waals surface area contributed by atoms with E-state index < -0.39 is 12.6 Å². The molecule has 7 heteroatoms. The predicted octanol–water partition coefficient (Wildman–Crippen LogP) is 5.05. The third kappa shape index (κ3) is 6.60. The van der Waals surface area contributed by atoms with E-state index in [0.29, 0.717) is 11.3 Å². The van der Waals surface area contributed by atoms with E-state index in [9.17, 15) is 9.59 Å². The zero-order valence-electron chi connectivity index (χ0n) is 22.5. The van der Waals surface area contributed by atoms with Gasteiger partial charge in [0.1, 0.15) is 11.5 Å².